The lowest BCUT2D eigenvalue weighted by Gasteiger charge is -2.10. The molecule has 3 nitrogen and oxygen atoms in total. The van der Waals surface area contributed by atoms with Crippen molar-refractivity contribution in [3.8, 4) is 0 Å². The summed E-state index contributed by atoms with van der Waals surface area (Å²) in [5.41, 5.74) is 2.43. The number of rotatable bonds is 2. The van der Waals surface area contributed by atoms with E-state index in [4.69, 9.17) is 0 Å². The molecule has 0 aromatic carbocycles. The molecule has 0 fully saturated rings. The van der Waals surface area contributed by atoms with E-state index in [0.29, 0.717) is 0 Å². The first-order chi connectivity index (χ1) is 6.74. The molecule has 0 bridgehead atoms. The van der Waals surface area contributed by atoms with Crippen molar-refractivity contribution in [1.82, 2.24) is 9.78 Å². The molecule has 14 heavy (non-hydrogen) atoms. The SMILES string of the molecule is Cn1cc(CC2=CC(=O)CCC2)cn1. The van der Waals surface area contributed by atoms with Gasteiger partial charge in [-0.2, -0.15) is 5.10 Å². The highest BCUT2D eigenvalue weighted by atomic mass is 16.1. The highest BCUT2D eigenvalue weighted by Crippen LogP contribution is 2.18. The Morgan fingerprint density at radius 3 is 3.00 bits per heavy atom. The summed E-state index contributed by atoms with van der Waals surface area (Å²) in [4.78, 5) is 11.2. The maximum atomic E-state index is 11.2. The molecule has 1 aliphatic rings. The van der Waals surface area contributed by atoms with Crippen LogP contribution in [0.4, 0.5) is 0 Å². The molecule has 74 valence electrons. The van der Waals surface area contributed by atoms with Gasteiger partial charge in [-0.15, -0.1) is 0 Å². The molecule has 0 unspecified atom stereocenters. The quantitative estimate of drug-likeness (QED) is 0.710. The van der Waals surface area contributed by atoms with Crippen molar-refractivity contribution in [1.29, 1.82) is 0 Å². The number of carbonyl (C=O) groups excluding carboxylic acids is 1. The molecule has 1 aromatic rings. The Hall–Kier alpha value is -1.38. The van der Waals surface area contributed by atoms with Crippen LogP contribution in [0.25, 0.3) is 0 Å². The first kappa shape index (κ1) is 9.19. The lowest BCUT2D eigenvalue weighted by atomic mass is 9.94. The molecule has 0 N–H and O–H groups in total. The van der Waals surface area contributed by atoms with E-state index in [9.17, 15) is 4.79 Å². The highest BCUT2D eigenvalue weighted by molar-refractivity contribution is 5.91. The Morgan fingerprint density at radius 1 is 1.50 bits per heavy atom. The van der Waals surface area contributed by atoms with E-state index in [1.54, 1.807) is 10.8 Å². The van der Waals surface area contributed by atoms with Crippen LogP contribution in [0.3, 0.4) is 0 Å². The maximum absolute atomic E-state index is 11.2. The summed E-state index contributed by atoms with van der Waals surface area (Å²) < 4.78 is 1.79. The van der Waals surface area contributed by atoms with Gasteiger partial charge in [0.1, 0.15) is 0 Å². The first-order valence-corrected chi connectivity index (χ1v) is 4.94. The number of aromatic nitrogens is 2. The molecule has 0 aliphatic heterocycles. The maximum Gasteiger partial charge on any atom is 0.155 e. The summed E-state index contributed by atoms with van der Waals surface area (Å²) in [5, 5.41) is 4.11. The molecule has 0 spiro atoms. The molecule has 0 atom stereocenters. The molecule has 3 heteroatoms. The molecular weight excluding hydrogens is 176 g/mol. The summed E-state index contributed by atoms with van der Waals surface area (Å²) in [6, 6.07) is 0. The number of carbonyl (C=O) groups is 1. The summed E-state index contributed by atoms with van der Waals surface area (Å²) in [5.74, 6) is 0.273. The van der Waals surface area contributed by atoms with Gasteiger partial charge in [-0.1, -0.05) is 5.57 Å². The minimum absolute atomic E-state index is 0.273. The smallest absolute Gasteiger partial charge is 0.155 e. The van der Waals surface area contributed by atoms with Gasteiger partial charge in [0.25, 0.3) is 0 Å². The summed E-state index contributed by atoms with van der Waals surface area (Å²) >= 11 is 0. The standard InChI is InChI=1S/C11H14N2O/c1-13-8-10(7-12-13)5-9-3-2-4-11(14)6-9/h6-8H,2-5H2,1H3. The number of allylic oxidation sites excluding steroid dienone is 2. The fraction of sp³-hybridized carbons (Fsp3) is 0.455. The van der Waals surface area contributed by atoms with E-state index in [1.165, 1.54) is 11.1 Å². The van der Waals surface area contributed by atoms with Crippen LogP contribution in [0.2, 0.25) is 0 Å². The van der Waals surface area contributed by atoms with Crippen LogP contribution in [-0.4, -0.2) is 15.6 Å². The Kier molecular flexibility index (Phi) is 2.48. The van der Waals surface area contributed by atoms with Crippen LogP contribution in [-0.2, 0) is 18.3 Å². The number of ketones is 1. The predicted molar refractivity (Wildman–Crippen MR) is 53.9 cm³/mol. The second-order valence-corrected chi connectivity index (χ2v) is 3.82. The Balaban J connectivity index is 2.07. The van der Waals surface area contributed by atoms with Crippen molar-refractivity contribution in [3.63, 3.8) is 0 Å². The van der Waals surface area contributed by atoms with Crippen LogP contribution in [0.5, 0.6) is 0 Å². The zero-order valence-electron chi connectivity index (χ0n) is 8.36. The minimum atomic E-state index is 0.273. The van der Waals surface area contributed by atoms with Crippen LogP contribution in [0.1, 0.15) is 24.8 Å². The molecule has 0 radical (unpaired) electrons. The topological polar surface area (TPSA) is 34.9 Å². The van der Waals surface area contributed by atoms with Gasteiger partial charge in [0.2, 0.25) is 0 Å². The minimum Gasteiger partial charge on any atom is -0.295 e. The van der Waals surface area contributed by atoms with Crippen molar-refractivity contribution in [2.45, 2.75) is 25.7 Å². The highest BCUT2D eigenvalue weighted by Gasteiger charge is 2.10. The van der Waals surface area contributed by atoms with E-state index in [0.717, 1.165) is 25.7 Å². The van der Waals surface area contributed by atoms with E-state index in [-0.39, 0.29) is 5.78 Å². The van der Waals surface area contributed by atoms with Gasteiger partial charge in [-0.3, -0.25) is 9.48 Å². The molecule has 2 rings (SSSR count). The number of aryl methyl sites for hydroxylation is 1. The van der Waals surface area contributed by atoms with Gasteiger partial charge >= 0.3 is 0 Å². The summed E-state index contributed by atoms with van der Waals surface area (Å²) in [6.07, 6.45) is 9.32. The monoisotopic (exact) mass is 190 g/mol. The molecule has 1 aliphatic carbocycles. The van der Waals surface area contributed by atoms with Crippen LogP contribution in [0, 0.1) is 0 Å². The zero-order chi connectivity index (χ0) is 9.97. The number of hydrogen-bond acceptors (Lipinski definition) is 2. The number of nitrogens with zero attached hydrogens (tertiary/aromatic N) is 2. The molecule has 1 heterocycles. The van der Waals surface area contributed by atoms with Crippen LogP contribution >= 0.6 is 0 Å². The Morgan fingerprint density at radius 2 is 2.36 bits per heavy atom. The third kappa shape index (κ3) is 2.10. The Bertz CT molecular complexity index is 376. The fourth-order valence-electron chi connectivity index (χ4n) is 1.83. The van der Waals surface area contributed by atoms with Crippen molar-refractivity contribution >= 4 is 5.78 Å². The second-order valence-electron chi connectivity index (χ2n) is 3.82. The predicted octanol–water partition coefficient (Wildman–Crippen LogP) is 1.64. The van der Waals surface area contributed by atoms with Crippen molar-refractivity contribution in [2.24, 2.45) is 7.05 Å². The molecule has 1 aromatic heterocycles. The van der Waals surface area contributed by atoms with Crippen LogP contribution in [0.15, 0.2) is 24.0 Å². The Labute approximate surface area is 83.4 Å². The van der Waals surface area contributed by atoms with Gasteiger partial charge in [0, 0.05) is 19.7 Å². The average molecular weight is 190 g/mol. The van der Waals surface area contributed by atoms with Gasteiger partial charge < -0.3 is 0 Å². The second kappa shape index (κ2) is 3.78. The van der Waals surface area contributed by atoms with E-state index in [1.807, 2.05) is 19.4 Å². The van der Waals surface area contributed by atoms with Gasteiger partial charge in [0.05, 0.1) is 6.20 Å². The fourth-order valence-corrected chi connectivity index (χ4v) is 1.83. The van der Waals surface area contributed by atoms with E-state index >= 15 is 0 Å². The largest absolute Gasteiger partial charge is 0.295 e. The van der Waals surface area contributed by atoms with Gasteiger partial charge in [-0.05, 0) is 30.9 Å². The first-order valence-electron chi connectivity index (χ1n) is 4.94. The van der Waals surface area contributed by atoms with Crippen molar-refractivity contribution < 1.29 is 4.79 Å². The molecule has 0 saturated carbocycles. The van der Waals surface area contributed by atoms with E-state index < -0.39 is 0 Å². The van der Waals surface area contributed by atoms with Gasteiger partial charge in [0.15, 0.2) is 5.78 Å². The lowest BCUT2D eigenvalue weighted by Crippen LogP contribution is -2.04. The molecular formula is C11H14N2O. The third-order valence-electron chi connectivity index (χ3n) is 2.48. The third-order valence-corrected chi connectivity index (χ3v) is 2.48. The molecule has 0 saturated heterocycles. The van der Waals surface area contributed by atoms with Crippen molar-refractivity contribution in [3.05, 3.63) is 29.6 Å². The summed E-state index contributed by atoms with van der Waals surface area (Å²) in [6.45, 7) is 0. The number of hydrogen-bond donors (Lipinski definition) is 0. The van der Waals surface area contributed by atoms with Gasteiger partial charge in [-0.25, -0.2) is 0 Å². The van der Waals surface area contributed by atoms with Crippen LogP contribution < -0.4 is 0 Å². The molecule has 0 amide bonds. The average Bonchev–Trinajstić information content (AvgIpc) is 2.51. The summed E-state index contributed by atoms with van der Waals surface area (Å²) in [7, 11) is 1.91. The normalized spacial score (nSPS) is 16.9. The zero-order valence-corrected chi connectivity index (χ0v) is 8.36. The lowest BCUT2D eigenvalue weighted by molar-refractivity contribution is -0.115. The van der Waals surface area contributed by atoms with Crippen molar-refractivity contribution in [2.75, 3.05) is 0 Å². The van der Waals surface area contributed by atoms with E-state index in [2.05, 4.69) is 5.10 Å².